The lowest BCUT2D eigenvalue weighted by molar-refractivity contribution is 0.303. The van der Waals surface area contributed by atoms with Gasteiger partial charge in [-0.05, 0) is 65.4 Å². The van der Waals surface area contributed by atoms with Gasteiger partial charge < -0.3 is 10.1 Å². The van der Waals surface area contributed by atoms with Gasteiger partial charge in [0, 0.05) is 6.04 Å². The molecule has 0 saturated carbocycles. The van der Waals surface area contributed by atoms with Crippen molar-refractivity contribution in [3.05, 3.63) is 28.2 Å². The van der Waals surface area contributed by atoms with Crippen LogP contribution in [0.1, 0.15) is 52.6 Å². The quantitative estimate of drug-likeness (QED) is 0.703. The molecule has 0 fully saturated rings. The lowest BCUT2D eigenvalue weighted by Gasteiger charge is -2.29. The Morgan fingerprint density at radius 3 is 2.40 bits per heavy atom. The summed E-state index contributed by atoms with van der Waals surface area (Å²) < 4.78 is 6.63. The second-order valence-electron chi connectivity index (χ2n) is 5.66. The van der Waals surface area contributed by atoms with E-state index in [0.29, 0.717) is 24.5 Å². The number of ether oxygens (including phenoxy) is 1. The fourth-order valence-electron chi connectivity index (χ4n) is 2.28. The molecule has 0 heterocycles. The normalized spacial score (nSPS) is 14.3. The largest absolute Gasteiger partial charge is 0.493 e. The molecule has 2 atom stereocenters. The Hall–Kier alpha value is -0.540. The van der Waals surface area contributed by atoms with E-state index in [1.165, 1.54) is 5.56 Å². The molecule has 114 valence electrons. The number of hydrogen-bond acceptors (Lipinski definition) is 2. The zero-order valence-electron chi connectivity index (χ0n) is 13.4. The molecule has 0 aliphatic heterocycles. The summed E-state index contributed by atoms with van der Waals surface area (Å²) in [4.78, 5) is 0. The summed E-state index contributed by atoms with van der Waals surface area (Å²) in [5.74, 6) is 2.16. The average molecular weight is 342 g/mol. The second-order valence-corrected chi connectivity index (χ2v) is 6.51. The van der Waals surface area contributed by atoms with Crippen LogP contribution in [0, 0.1) is 11.8 Å². The third kappa shape index (κ3) is 4.78. The molecule has 0 aliphatic carbocycles. The average Bonchev–Trinajstić information content (AvgIpc) is 2.41. The molecule has 0 radical (unpaired) electrons. The van der Waals surface area contributed by atoms with Crippen molar-refractivity contribution < 1.29 is 4.74 Å². The van der Waals surface area contributed by atoms with Crippen molar-refractivity contribution in [2.24, 2.45) is 11.8 Å². The molecule has 1 aromatic rings. The monoisotopic (exact) mass is 341 g/mol. The van der Waals surface area contributed by atoms with Crippen LogP contribution in [0.4, 0.5) is 0 Å². The lowest BCUT2D eigenvalue weighted by atomic mass is 9.86. The Morgan fingerprint density at radius 1 is 1.20 bits per heavy atom. The molecule has 0 spiro atoms. The van der Waals surface area contributed by atoms with Gasteiger partial charge in [0.05, 0.1) is 11.1 Å². The third-order valence-corrected chi connectivity index (χ3v) is 4.43. The van der Waals surface area contributed by atoms with E-state index in [9.17, 15) is 0 Å². The van der Waals surface area contributed by atoms with Gasteiger partial charge >= 0.3 is 0 Å². The second kappa shape index (κ2) is 8.68. The molecule has 1 N–H and O–H groups in total. The Kier molecular flexibility index (Phi) is 7.60. The summed E-state index contributed by atoms with van der Waals surface area (Å²) in [7, 11) is 0. The Bertz CT molecular complexity index is 406. The van der Waals surface area contributed by atoms with Crippen molar-refractivity contribution in [3.63, 3.8) is 0 Å². The standard InChI is InChI=1S/C17H28BrNO/c1-6-10-19-17(13(5)12(3)4)14-8-9-16(20-7-2)15(18)11-14/h8-9,11-13,17,19H,6-7,10H2,1-5H3. The first-order valence-corrected chi connectivity index (χ1v) is 8.46. The zero-order valence-corrected chi connectivity index (χ0v) is 15.0. The molecule has 20 heavy (non-hydrogen) atoms. The van der Waals surface area contributed by atoms with Gasteiger partial charge in [0.15, 0.2) is 0 Å². The van der Waals surface area contributed by atoms with Crippen LogP contribution in [-0.4, -0.2) is 13.2 Å². The predicted molar refractivity (Wildman–Crippen MR) is 90.3 cm³/mol. The number of hydrogen-bond donors (Lipinski definition) is 1. The fraction of sp³-hybridized carbons (Fsp3) is 0.647. The van der Waals surface area contributed by atoms with Crippen molar-refractivity contribution in [2.75, 3.05) is 13.2 Å². The lowest BCUT2D eigenvalue weighted by Crippen LogP contribution is -2.30. The highest BCUT2D eigenvalue weighted by Gasteiger charge is 2.22. The molecule has 2 unspecified atom stereocenters. The summed E-state index contributed by atoms with van der Waals surface area (Å²) in [6.07, 6.45) is 1.15. The van der Waals surface area contributed by atoms with Gasteiger partial charge in [-0.3, -0.25) is 0 Å². The molecule has 2 nitrogen and oxygen atoms in total. The maximum atomic E-state index is 5.59. The van der Waals surface area contributed by atoms with Gasteiger partial charge in [-0.25, -0.2) is 0 Å². The van der Waals surface area contributed by atoms with E-state index in [4.69, 9.17) is 4.74 Å². The Labute approximate surface area is 132 Å². The summed E-state index contributed by atoms with van der Waals surface area (Å²) in [6, 6.07) is 6.83. The van der Waals surface area contributed by atoms with Crippen LogP contribution in [0.2, 0.25) is 0 Å². The Balaban J connectivity index is 2.98. The highest BCUT2D eigenvalue weighted by Crippen LogP contribution is 2.33. The van der Waals surface area contributed by atoms with Gasteiger partial charge in [0.25, 0.3) is 0 Å². The molecule has 0 aliphatic rings. The van der Waals surface area contributed by atoms with E-state index in [0.717, 1.165) is 23.2 Å². The molecule has 1 aromatic carbocycles. The highest BCUT2D eigenvalue weighted by atomic mass is 79.9. The van der Waals surface area contributed by atoms with Crippen LogP contribution in [0.5, 0.6) is 5.75 Å². The molecular weight excluding hydrogens is 314 g/mol. The zero-order chi connectivity index (χ0) is 15.1. The number of nitrogens with one attached hydrogen (secondary N) is 1. The van der Waals surface area contributed by atoms with Crippen LogP contribution in [0.3, 0.4) is 0 Å². The van der Waals surface area contributed by atoms with Crippen LogP contribution in [0.25, 0.3) is 0 Å². The molecule has 0 bridgehead atoms. The first-order valence-electron chi connectivity index (χ1n) is 7.66. The molecule has 3 heteroatoms. The van der Waals surface area contributed by atoms with Crippen molar-refractivity contribution in [1.82, 2.24) is 5.32 Å². The van der Waals surface area contributed by atoms with Crippen LogP contribution in [0.15, 0.2) is 22.7 Å². The van der Waals surface area contributed by atoms with Gasteiger partial charge in [-0.2, -0.15) is 0 Å². The minimum absolute atomic E-state index is 0.391. The van der Waals surface area contributed by atoms with Crippen LogP contribution >= 0.6 is 15.9 Å². The summed E-state index contributed by atoms with van der Waals surface area (Å²) in [6.45, 7) is 12.8. The SMILES string of the molecule is CCCNC(c1ccc(OCC)c(Br)c1)C(C)C(C)C. The topological polar surface area (TPSA) is 21.3 Å². The van der Waals surface area contributed by atoms with E-state index < -0.39 is 0 Å². The minimum Gasteiger partial charge on any atom is -0.493 e. The maximum Gasteiger partial charge on any atom is 0.133 e. The van der Waals surface area contributed by atoms with E-state index in [-0.39, 0.29) is 0 Å². The van der Waals surface area contributed by atoms with E-state index in [1.807, 2.05) is 6.92 Å². The number of benzene rings is 1. The summed E-state index contributed by atoms with van der Waals surface area (Å²) in [5.41, 5.74) is 1.33. The van der Waals surface area contributed by atoms with Gasteiger partial charge in [-0.1, -0.05) is 33.8 Å². The van der Waals surface area contributed by atoms with Crippen molar-refractivity contribution >= 4 is 15.9 Å². The molecule has 0 amide bonds. The molecule has 0 saturated heterocycles. The van der Waals surface area contributed by atoms with E-state index >= 15 is 0 Å². The van der Waals surface area contributed by atoms with Crippen molar-refractivity contribution in [1.29, 1.82) is 0 Å². The van der Waals surface area contributed by atoms with Crippen molar-refractivity contribution in [3.8, 4) is 5.75 Å². The van der Waals surface area contributed by atoms with Crippen molar-refractivity contribution in [2.45, 2.75) is 47.1 Å². The van der Waals surface area contributed by atoms with E-state index in [1.54, 1.807) is 0 Å². The number of halogens is 1. The first kappa shape index (κ1) is 17.5. The summed E-state index contributed by atoms with van der Waals surface area (Å²) in [5, 5.41) is 3.68. The Morgan fingerprint density at radius 2 is 1.90 bits per heavy atom. The fourth-order valence-corrected chi connectivity index (χ4v) is 2.79. The summed E-state index contributed by atoms with van der Waals surface area (Å²) >= 11 is 3.62. The van der Waals surface area contributed by atoms with Gasteiger partial charge in [0.1, 0.15) is 5.75 Å². The molecule has 1 rings (SSSR count). The van der Waals surface area contributed by atoms with Crippen LogP contribution < -0.4 is 10.1 Å². The molecular formula is C17H28BrNO. The maximum absolute atomic E-state index is 5.59. The third-order valence-electron chi connectivity index (χ3n) is 3.81. The van der Waals surface area contributed by atoms with Gasteiger partial charge in [-0.15, -0.1) is 0 Å². The minimum atomic E-state index is 0.391. The highest BCUT2D eigenvalue weighted by molar-refractivity contribution is 9.10. The molecule has 0 aromatic heterocycles. The smallest absolute Gasteiger partial charge is 0.133 e. The van der Waals surface area contributed by atoms with E-state index in [2.05, 4.69) is 67.1 Å². The first-order chi connectivity index (χ1) is 9.51. The predicted octanol–water partition coefficient (Wildman–Crippen LogP) is 5.18. The van der Waals surface area contributed by atoms with Gasteiger partial charge in [0.2, 0.25) is 0 Å². The number of rotatable bonds is 8. The van der Waals surface area contributed by atoms with Crippen LogP contribution in [-0.2, 0) is 0 Å².